The van der Waals surface area contributed by atoms with Crippen molar-refractivity contribution >= 4 is 39.4 Å². The lowest BCUT2D eigenvalue weighted by atomic mass is 9.57. The minimum atomic E-state index is -0.244. The second-order valence-corrected chi connectivity index (χ2v) is 8.23. The van der Waals surface area contributed by atoms with Crippen LogP contribution in [0.25, 0.3) is 21.8 Å². The Morgan fingerprint density at radius 2 is 2.15 bits per heavy atom. The molecule has 4 rings (SSSR count). The van der Waals surface area contributed by atoms with Crippen LogP contribution in [0, 0.1) is 18.3 Å². The number of aryl methyl sites for hydroxylation is 1. The molecule has 2 aromatic heterocycles. The van der Waals surface area contributed by atoms with Gasteiger partial charge >= 0.3 is 5.97 Å². The van der Waals surface area contributed by atoms with Crippen LogP contribution in [-0.4, -0.2) is 22.8 Å². The molecule has 0 saturated heterocycles. The molecule has 1 aliphatic carbocycles. The van der Waals surface area contributed by atoms with E-state index >= 15 is 0 Å². The summed E-state index contributed by atoms with van der Waals surface area (Å²) in [6.45, 7) is 5.90. The molecule has 0 N–H and O–H groups in total. The van der Waals surface area contributed by atoms with E-state index in [9.17, 15) is 9.59 Å². The van der Waals surface area contributed by atoms with Gasteiger partial charge in [-0.2, -0.15) is 0 Å². The number of hydrogen-bond donors (Lipinski definition) is 0. The highest BCUT2D eigenvalue weighted by molar-refractivity contribution is 6.37. The predicted octanol–water partition coefficient (Wildman–Crippen LogP) is 4.25. The van der Waals surface area contributed by atoms with E-state index < -0.39 is 0 Å². The predicted molar refractivity (Wildman–Crippen MR) is 103 cm³/mol. The number of fused-ring (bicyclic) bond motifs is 3. The van der Waals surface area contributed by atoms with E-state index in [0.717, 1.165) is 17.3 Å². The molecule has 3 aromatic rings. The lowest BCUT2D eigenvalue weighted by molar-refractivity contribution is -0.146. The molecular formula is C20H21ClN2O4. The number of halogens is 1. The molecule has 2 atom stereocenters. The maximum atomic E-state index is 13.4. The van der Waals surface area contributed by atoms with Gasteiger partial charge in [0.2, 0.25) is 0 Å². The van der Waals surface area contributed by atoms with E-state index in [0.29, 0.717) is 28.1 Å². The van der Waals surface area contributed by atoms with Crippen LogP contribution in [0.4, 0.5) is 0 Å². The first-order chi connectivity index (χ1) is 12.8. The summed E-state index contributed by atoms with van der Waals surface area (Å²) in [5.41, 5.74) is 0.861. The summed E-state index contributed by atoms with van der Waals surface area (Å²) in [5.74, 6) is 0.404. The number of pyridine rings is 1. The van der Waals surface area contributed by atoms with Gasteiger partial charge in [-0.3, -0.25) is 9.59 Å². The normalized spacial score (nSPS) is 21.4. The summed E-state index contributed by atoms with van der Waals surface area (Å²) >= 11 is 6.46. The average molecular weight is 389 g/mol. The third-order valence-electron chi connectivity index (χ3n) is 6.15. The first kappa shape index (κ1) is 18.0. The Balaban J connectivity index is 1.93. The van der Waals surface area contributed by atoms with E-state index in [-0.39, 0.29) is 28.9 Å². The number of ether oxygens (including phenoxy) is 1. The zero-order chi connectivity index (χ0) is 19.5. The number of rotatable bonds is 3. The Bertz CT molecular complexity index is 1130. The average Bonchev–Trinajstić information content (AvgIpc) is 3.01. The quantitative estimate of drug-likeness (QED) is 0.627. The van der Waals surface area contributed by atoms with Crippen LogP contribution in [-0.2, 0) is 9.53 Å². The van der Waals surface area contributed by atoms with Gasteiger partial charge in [0.25, 0.3) is 5.56 Å². The van der Waals surface area contributed by atoms with Gasteiger partial charge < -0.3 is 13.8 Å². The highest BCUT2D eigenvalue weighted by atomic mass is 35.5. The van der Waals surface area contributed by atoms with E-state index in [1.54, 1.807) is 13.0 Å². The van der Waals surface area contributed by atoms with Gasteiger partial charge in [0.05, 0.1) is 17.6 Å². The van der Waals surface area contributed by atoms with Crippen molar-refractivity contribution < 1.29 is 14.1 Å². The number of carbonyl (C=O) groups excluding carboxylic acids is 1. The van der Waals surface area contributed by atoms with Crippen molar-refractivity contribution in [1.82, 2.24) is 9.72 Å². The van der Waals surface area contributed by atoms with Crippen molar-refractivity contribution in [3.05, 3.63) is 39.3 Å². The highest BCUT2D eigenvalue weighted by Crippen LogP contribution is 2.56. The van der Waals surface area contributed by atoms with E-state index in [1.807, 2.05) is 16.7 Å². The van der Waals surface area contributed by atoms with Crippen LogP contribution < -0.4 is 5.56 Å². The zero-order valence-corrected chi connectivity index (χ0v) is 16.5. The lowest BCUT2D eigenvalue weighted by Crippen LogP contribution is -2.49. The van der Waals surface area contributed by atoms with E-state index in [4.69, 9.17) is 20.9 Å². The van der Waals surface area contributed by atoms with Gasteiger partial charge in [-0.15, -0.1) is 0 Å². The summed E-state index contributed by atoms with van der Waals surface area (Å²) in [6.07, 6.45) is 1.07. The molecule has 0 radical (unpaired) electrons. The number of hydrogen-bond acceptors (Lipinski definition) is 5. The van der Waals surface area contributed by atoms with Crippen molar-refractivity contribution in [1.29, 1.82) is 0 Å². The van der Waals surface area contributed by atoms with Crippen molar-refractivity contribution in [2.75, 3.05) is 7.11 Å². The van der Waals surface area contributed by atoms with Gasteiger partial charge in [0.15, 0.2) is 0 Å². The summed E-state index contributed by atoms with van der Waals surface area (Å²) in [7, 11) is 1.40. The van der Waals surface area contributed by atoms with Crippen LogP contribution >= 0.6 is 11.6 Å². The SMILES string of the molecule is COC(=O)CC1CC(n2c(=O)c3c(C)onc3c3c(Cl)cccc32)C1(C)C. The highest BCUT2D eigenvalue weighted by Gasteiger charge is 2.50. The molecule has 27 heavy (non-hydrogen) atoms. The monoisotopic (exact) mass is 388 g/mol. The molecule has 1 saturated carbocycles. The molecule has 1 fully saturated rings. The second kappa shape index (κ2) is 6.09. The molecule has 2 heterocycles. The zero-order valence-electron chi connectivity index (χ0n) is 15.7. The summed E-state index contributed by atoms with van der Waals surface area (Å²) in [4.78, 5) is 25.1. The molecule has 0 bridgehead atoms. The first-order valence-corrected chi connectivity index (χ1v) is 9.30. The van der Waals surface area contributed by atoms with Gasteiger partial charge in [0, 0.05) is 17.8 Å². The number of benzene rings is 1. The summed E-state index contributed by atoms with van der Waals surface area (Å²) in [6, 6.07) is 5.44. The largest absolute Gasteiger partial charge is 0.469 e. The number of esters is 1. The van der Waals surface area contributed by atoms with Crippen LogP contribution in [0.1, 0.15) is 38.5 Å². The van der Waals surface area contributed by atoms with Crippen molar-refractivity contribution in [2.24, 2.45) is 11.3 Å². The standard InChI is InChI=1S/C20H21ClN2O4/c1-10-16-18(22-27-10)17-12(21)6-5-7-13(17)23(19(16)25)14-8-11(20(14,2)3)9-15(24)26-4/h5-7,11,14H,8-9H2,1-4H3. The molecular weight excluding hydrogens is 368 g/mol. The fourth-order valence-corrected chi connectivity index (χ4v) is 4.60. The van der Waals surface area contributed by atoms with Crippen LogP contribution in [0.2, 0.25) is 5.02 Å². The van der Waals surface area contributed by atoms with Gasteiger partial charge in [-0.05, 0) is 36.8 Å². The summed E-state index contributed by atoms with van der Waals surface area (Å²) in [5, 5.41) is 5.79. The molecule has 7 heteroatoms. The Morgan fingerprint density at radius 1 is 1.41 bits per heavy atom. The van der Waals surface area contributed by atoms with Crippen LogP contribution in [0.3, 0.4) is 0 Å². The minimum absolute atomic E-state index is 0.0562. The molecule has 0 spiro atoms. The van der Waals surface area contributed by atoms with Crippen LogP contribution in [0.15, 0.2) is 27.5 Å². The molecule has 1 aliphatic rings. The summed E-state index contributed by atoms with van der Waals surface area (Å²) < 4.78 is 11.9. The number of nitrogens with zero attached hydrogens (tertiary/aromatic N) is 2. The maximum absolute atomic E-state index is 13.4. The fourth-order valence-electron chi connectivity index (χ4n) is 4.34. The van der Waals surface area contributed by atoms with Gasteiger partial charge in [-0.25, -0.2) is 0 Å². The van der Waals surface area contributed by atoms with Crippen LogP contribution in [0.5, 0.6) is 0 Å². The third kappa shape index (κ3) is 2.50. The number of carbonyl (C=O) groups is 1. The Morgan fingerprint density at radius 3 is 2.81 bits per heavy atom. The first-order valence-electron chi connectivity index (χ1n) is 8.92. The van der Waals surface area contributed by atoms with Crippen molar-refractivity contribution in [2.45, 2.75) is 39.7 Å². The topological polar surface area (TPSA) is 74.3 Å². The van der Waals surface area contributed by atoms with E-state index in [1.165, 1.54) is 7.11 Å². The lowest BCUT2D eigenvalue weighted by Gasteiger charge is -2.52. The maximum Gasteiger partial charge on any atom is 0.305 e. The molecule has 2 unspecified atom stereocenters. The van der Waals surface area contributed by atoms with Gasteiger partial charge in [0.1, 0.15) is 16.7 Å². The Hall–Kier alpha value is -2.34. The molecule has 142 valence electrons. The molecule has 6 nitrogen and oxygen atoms in total. The number of methoxy groups -OCH3 is 1. The molecule has 1 aromatic carbocycles. The minimum Gasteiger partial charge on any atom is -0.469 e. The third-order valence-corrected chi connectivity index (χ3v) is 6.47. The Labute approximate surface area is 161 Å². The number of aromatic nitrogens is 2. The Kier molecular flexibility index (Phi) is 4.07. The smallest absolute Gasteiger partial charge is 0.305 e. The molecule has 0 amide bonds. The van der Waals surface area contributed by atoms with Gasteiger partial charge in [-0.1, -0.05) is 36.7 Å². The van der Waals surface area contributed by atoms with Crippen molar-refractivity contribution in [3.63, 3.8) is 0 Å². The second-order valence-electron chi connectivity index (χ2n) is 7.82. The molecule has 0 aliphatic heterocycles. The van der Waals surface area contributed by atoms with Crippen molar-refractivity contribution in [3.8, 4) is 0 Å². The van der Waals surface area contributed by atoms with E-state index in [2.05, 4.69) is 19.0 Å². The fraction of sp³-hybridized carbons (Fsp3) is 0.450.